The summed E-state index contributed by atoms with van der Waals surface area (Å²) in [6.45, 7) is 0. The lowest BCUT2D eigenvalue weighted by atomic mass is 10.0. The smallest absolute Gasteiger partial charge is 0.196 e. The van der Waals surface area contributed by atoms with E-state index in [-0.39, 0.29) is 6.23 Å². The molecule has 3 heterocycles. The van der Waals surface area contributed by atoms with Crippen LogP contribution in [0.15, 0.2) is 140 Å². The van der Waals surface area contributed by atoms with Gasteiger partial charge in [0.2, 0.25) is 0 Å². The van der Waals surface area contributed by atoms with E-state index in [1.165, 1.54) is 0 Å². The summed E-state index contributed by atoms with van der Waals surface area (Å²) in [4.78, 5) is 19.6. The molecule has 7 aromatic rings. The molecule has 204 valence electrons. The molecule has 1 atom stereocenters. The number of ether oxygens (including phenoxy) is 1. The second-order valence-corrected chi connectivity index (χ2v) is 10.4. The molecule has 2 aromatic heterocycles. The van der Waals surface area contributed by atoms with Crippen LogP contribution in [0.1, 0.15) is 11.8 Å². The molecule has 0 saturated heterocycles. The van der Waals surface area contributed by atoms with Crippen molar-refractivity contribution in [1.29, 1.82) is 0 Å². The molecule has 0 aliphatic carbocycles. The Kier molecular flexibility index (Phi) is 6.08. The molecule has 6 nitrogen and oxygen atoms in total. The zero-order chi connectivity index (χ0) is 28.6. The van der Waals surface area contributed by atoms with Crippen LogP contribution in [0.2, 0.25) is 0 Å². The van der Waals surface area contributed by atoms with E-state index in [2.05, 4.69) is 41.7 Å². The number of nitrogens with one attached hydrogen (secondary N) is 1. The predicted octanol–water partition coefficient (Wildman–Crippen LogP) is 8.59. The molecular formula is C37H25N5O. The summed E-state index contributed by atoms with van der Waals surface area (Å²) >= 11 is 0. The zero-order valence-corrected chi connectivity index (χ0v) is 23.1. The number of hydrogen-bond donors (Lipinski definition) is 1. The van der Waals surface area contributed by atoms with Crippen LogP contribution in [0.25, 0.3) is 56.3 Å². The Morgan fingerprint density at radius 3 is 1.79 bits per heavy atom. The molecule has 1 aliphatic heterocycles. The summed E-state index contributed by atoms with van der Waals surface area (Å²) in [6.07, 6.45) is -0.228. The zero-order valence-electron chi connectivity index (χ0n) is 23.1. The lowest BCUT2D eigenvalue weighted by Crippen LogP contribution is -2.09. The van der Waals surface area contributed by atoms with Crippen LogP contribution in [0.5, 0.6) is 5.75 Å². The summed E-state index contributed by atoms with van der Waals surface area (Å²) in [5.41, 5.74) is 6.42. The molecule has 5 aromatic carbocycles. The van der Waals surface area contributed by atoms with Gasteiger partial charge in [0.25, 0.3) is 0 Å². The third-order valence-electron chi connectivity index (χ3n) is 7.58. The highest BCUT2D eigenvalue weighted by Crippen LogP contribution is 2.43. The lowest BCUT2D eigenvalue weighted by molar-refractivity contribution is 0.260. The SMILES string of the molecule is c1ccc(-c2nc(-c3ccccc3)nc(-c3cccc(-c4ccc5ccc6c(c5c4)NC(c4ccccc4)O6)n3)n2)cc1. The quantitative estimate of drug-likeness (QED) is 0.229. The number of aromatic nitrogens is 4. The van der Waals surface area contributed by atoms with Crippen LogP contribution in [0.4, 0.5) is 5.69 Å². The Morgan fingerprint density at radius 1 is 0.488 bits per heavy atom. The molecule has 1 N–H and O–H groups in total. The van der Waals surface area contributed by atoms with Gasteiger partial charge in [0, 0.05) is 27.6 Å². The fourth-order valence-corrected chi connectivity index (χ4v) is 5.42. The van der Waals surface area contributed by atoms with Crippen molar-refractivity contribution in [3.63, 3.8) is 0 Å². The lowest BCUT2D eigenvalue weighted by Gasteiger charge is -2.11. The van der Waals surface area contributed by atoms with Crippen LogP contribution in [0, 0.1) is 0 Å². The van der Waals surface area contributed by atoms with Gasteiger partial charge in [-0.15, -0.1) is 0 Å². The topological polar surface area (TPSA) is 72.8 Å². The van der Waals surface area contributed by atoms with Gasteiger partial charge >= 0.3 is 0 Å². The predicted molar refractivity (Wildman–Crippen MR) is 170 cm³/mol. The van der Waals surface area contributed by atoms with Gasteiger partial charge < -0.3 is 10.1 Å². The number of rotatable bonds is 5. The average molecular weight is 556 g/mol. The first kappa shape index (κ1) is 24.9. The van der Waals surface area contributed by atoms with E-state index < -0.39 is 0 Å². The third kappa shape index (κ3) is 4.75. The number of fused-ring (bicyclic) bond motifs is 3. The van der Waals surface area contributed by atoms with E-state index >= 15 is 0 Å². The molecule has 0 spiro atoms. The molecule has 43 heavy (non-hydrogen) atoms. The fraction of sp³-hybridized carbons (Fsp3) is 0.0270. The van der Waals surface area contributed by atoms with Gasteiger partial charge in [-0.2, -0.15) is 0 Å². The minimum atomic E-state index is -0.228. The Morgan fingerprint density at radius 2 is 1.09 bits per heavy atom. The molecular weight excluding hydrogens is 530 g/mol. The van der Waals surface area contributed by atoms with Crippen LogP contribution < -0.4 is 10.1 Å². The van der Waals surface area contributed by atoms with Crippen molar-refractivity contribution < 1.29 is 4.74 Å². The van der Waals surface area contributed by atoms with Gasteiger partial charge in [0.15, 0.2) is 23.7 Å². The fourth-order valence-electron chi connectivity index (χ4n) is 5.42. The highest BCUT2D eigenvalue weighted by Gasteiger charge is 2.25. The van der Waals surface area contributed by atoms with Crippen molar-refractivity contribution in [3.8, 4) is 51.3 Å². The van der Waals surface area contributed by atoms with Crippen LogP contribution >= 0.6 is 0 Å². The number of hydrogen-bond acceptors (Lipinski definition) is 6. The number of benzene rings is 5. The molecule has 1 unspecified atom stereocenters. The Bertz CT molecular complexity index is 2020. The van der Waals surface area contributed by atoms with Crippen molar-refractivity contribution in [1.82, 2.24) is 19.9 Å². The molecule has 0 fully saturated rings. The molecule has 8 rings (SSSR count). The Balaban J connectivity index is 1.20. The molecule has 0 radical (unpaired) electrons. The van der Waals surface area contributed by atoms with Gasteiger partial charge in [-0.3, -0.25) is 0 Å². The van der Waals surface area contributed by atoms with Gasteiger partial charge in [-0.1, -0.05) is 115 Å². The number of anilines is 1. The number of nitrogens with zero attached hydrogens (tertiary/aromatic N) is 4. The minimum Gasteiger partial charge on any atom is -0.464 e. The van der Waals surface area contributed by atoms with Crippen molar-refractivity contribution in [2.75, 3.05) is 5.32 Å². The molecule has 0 saturated carbocycles. The minimum absolute atomic E-state index is 0.228. The Labute approximate surface area is 248 Å². The number of pyridine rings is 1. The molecule has 6 heteroatoms. The van der Waals surface area contributed by atoms with Gasteiger partial charge in [0.1, 0.15) is 11.4 Å². The summed E-state index contributed by atoms with van der Waals surface area (Å²) in [5, 5.41) is 5.79. The first-order chi connectivity index (χ1) is 21.3. The van der Waals surface area contributed by atoms with Crippen LogP contribution in [-0.2, 0) is 0 Å². The average Bonchev–Trinajstić information content (AvgIpc) is 3.54. The molecule has 0 bridgehead atoms. The van der Waals surface area contributed by atoms with Gasteiger partial charge in [-0.25, -0.2) is 19.9 Å². The highest BCUT2D eigenvalue weighted by molar-refractivity contribution is 6.00. The first-order valence-electron chi connectivity index (χ1n) is 14.2. The summed E-state index contributed by atoms with van der Waals surface area (Å²) < 4.78 is 6.27. The second kappa shape index (κ2) is 10.5. The first-order valence-corrected chi connectivity index (χ1v) is 14.2. The summed E-state index contributed by atoms with van der Waals surface area (Å²) in [5.74, 6) is 2.58. The van der Waals surface area contributed by atoms with E-state index in [9.17, 15) is 0 Å². The maximum atomic E-state index is 6.27. The second-order valence-electron chi connectivity index (χ2n) is 10.4. The van der Waals surface area contributed by atoms with Gasteiger partial charge in [-0.05, 0) is 29.7 Å². The maximum Gasteiger partial charge on any atom is 0.196 e. The van der Waals surface area contributed by atoms with Gasteiger partial charge in [0.05, 0.1) is 11.4 Å². The third-order valence-corrected chi connectivity index (χ3v) is 7.58. The van der Waals surface area contributed by atoms with E-state index in [1.807, 2.05) is 103 Å². The maximum absolute atomic E-state index is 6.27. The highest BCUT2D eigenvalue weighted by atomic mass is 16.5. The summed E-state index contributed by atoms with van der Waals surface area (Å²) in [6, 6.07) is 46.6. The molecule has 1 aliphatic rings. The van der Waals surface area contributed by atoms with Crippen LogP contribution in [-0.4, -0.2) is 19.9 Å². The van der Waals surface area contributed by atoms with Crippen molar-refractivity contribution in [2.24, 2.45) is 0 Å². The van der Waals surface area contributed by atoms with Crippen molar-refractivity contribution >= 4 is 16.5 Å². The normalized spacial score (nSPS) is 13.7. The van der Waals surface area contributed by atoms with E-state index in [4.69, 9.17) is 24.7 Å². The monoisotopic (exact) mass is 555 g/mol. The largest absolute Gasteiger partial charge is 0.464 e. The van der Waals surface area contributed by atoms with E-state index in [0.29, 0.717) is 23.2 Å². The van der Waals surface area contributed by atoms with Crippen molar-refractivity contribution in [2.45, 2.75) is 6.23 Å². The van der Waals surface area contributed by atoms with Crippen LogP contribution in [0.3, 0.4) is 0 Å². The van der Waals surface area contributed by atoms with E-state index in [1.54, 1.807) is 0 Å². The standard InChI is InChI=1S/C37H25N5O/c1-4-11-25(12-5-1)34-40-35(26-13-6-2-7-14-26)42-36(41-34)31-18-10-17-30(38-31)28-20-19-24-21-22-32-33(29(24)23-28)39-37(43-32)27-15-8-3-9-16-27/h1-23,37,39H. The van der Waals surface area contributed by atoms with E-state index in [0.717, 1.165) is 50.2 Å². The molecule has 0 amide bonds. The van der Waals surface area contributed by atoms with Crippen molar-refractivity contribution in [3.05, 3.63) is 145 Å². The Hall–Kier alpha value is -5.88. The summed E-state index contributed by atoms with van der Waals surface area (Å²) in [7, 11) is 0.